The van der Waals surface area contributed by atoms with Gasteiger partial charge in [-0.25, -0.2) is 19.9 Å². The molecule has 4 heterocycles. The van der Waals surface area contributed by atoms with Crippen LogP contribution in [0.4, 0.5) is 26.3 Å². The van der Waals surface area contributed by atoms with Crippen LogP contribution in [0.25, 0.3) is 77.0 Å². The van der Waals surface area contributed by atoms with Gasteiger partial charge >= 0.3 is 31.1 Å². The zero-order valence-electron chi connectivity index (χ0n) is 53.6. The van der Waals surface area contributed by atoms with E-state index in [1.165, 1.54) is 48.5 Å². The zero-order valence-corrected chi connectivity index (χ0v) is 53.6. The number of benzene rings is 7. The number of ether oxygens (including phenoxy) is 2. The second-order valence-electron chi connectivity index (χ2n) is 25.5. The first-order chi connectivity index (χ1) is 46.0. The molecule has 0 spiro atoms. The van der Waals surface area contributed by atoms with Crippen molar-refractivity contribution in [3.8, 4) is 45.6 Å². The van der Waals surface area contributed by atoms with Crippen LogP contribution >= 0.6 is 0 Å². The van der Waals surface area contributed by atoms with Crippen LogP contribution in [0.2, 0.25) is 0 Å². The van der Waals surface area contributed by atoms with E-state index in [9.17, 15) is 46.5 Å². The number of hydrogen-bond donors (Lipinski definition) is 0. The molecule has 0 N–H and O–H groups in total. The lowest BCUT2D eigenvalue weighted by Crippen LogP contribution is -2.32. The lowest BCUT2D eigenvalue weighted by Gasteiger charge is -2.26. The molecule has 10 aromatic rings. The maximum Gasteiger partial charge on any atom is 0.496 e. The minimum Gasteiger partial charge on any atom is -0.462 e. The molecular weight excluding hydrogens is 1230 g/mol. The molecule has 12 nitrogen and oxygen atoms in total. The highest BCUT2D eigenvalue weighted by atomic mass is 19.4. The quantitative estimate of drug-likeness (QED) is 0.0272. The smallest absolute Gasteiger partial charge is 0.462 e. The predicted octanol–water partition coefficient (Wildman–Crippen LogP) is 18.4. The number of hydrogen-bond acceptors (Lipinski definition) is 10. The Morgan fingerprint density at radius 2 is 1.20 bits per heavy atom. The SMILES string of the molecule is CCOC(=O)c1c(C)c(/C(=C2\N=C(C3CCCCC3)C(C)=C2C)c2c(C)cc(OC(=O)Cc3ccc(-n4c(=O)c5cc(-c6ccc(C(F)(F)F)cc6)c6oc7ccccc7c7c(-c8ccc(C(F)(F)F)cc8)cc(c4=O)c5c67)cc3)cc2C)n(B(C#N)C#N)c1C1CCCCC1. The maximum absolute atomic E-state index is 15.2. The Labute approximate surface area is 548 Å². The molecule has 96 heavy (non-hydrogen) atoms. The molecule has 1 aliphatic heterocycles. The number of carbonyl (C=O) groups excluding carboxylic acids is 2. The number of carbonyl (C=O) groups is 2. The first-order valence-electron chi connectivity index (χ1n) is 32.3. The van der Waals surface area contributed by atoms with Crippen LogP contribution in [0.5, 0.6) is 5.75 Å². The number of alkyl halides is 6. The summed E-state index contributed by atoms with van der Waals surface area (Å²) in [5.74, 6) is 3.65. The largest absolute Gasteiger partial charge is 0.496 e. The Hall–Kier alpha value is -10.3. The summed E-state index contributed by atoms with van der Waals surface area (Å²) in [4.78, 5) is 64.5. The monoisotopic (exact) mass is 1300 g/mol. The van der Waals surface area contributed by atoms with Crippen molar-refractivity contribution < 1.29 is 49.8 Å². The lowest BCUT2D eigenvalue weighted by molar-refractivity contribution is -0.138. The van der Waals surface area contributed by atoms with E-state index in [2.05, 4.69) is 18.9 Å². The Morgan fingerprint density at radius 1 is 0.646 bits per heavy atom. The molecule has 0 amide bonds. The van der Waals surface area contributed by atoms with E-state index in [-0.39, 0.29) is 74.6 Å². The molecule has 13 rings (SSSR count). The summed E-state index contributed by atoms with van der Waals surface area (Å²) in [6.45, 7) is 10.3. The third-order valence-corrected chi connectivity index (χ3v) is 19.6. The number of allylic oxidation sites excluding steroid dienone is 2. The van der Waals surface area contributed by atoms with Crippen molar-refractivity contribution in [1.82, 2.24) is 9.05 Å². The van der Waals surface area contributed by atoms with Crippen molar-refractivity contribution in [3.63, 3.8) is 0 Å². The summed E-state index contributed by atoms with van der Waals surface area (Å²) < 4.78 is 105. The van der Waals surface area contributed by atoms with E-state index in [4.69, 9.17) is 18.9 Å². The molecule has 2 aliphatic carbocycles. The number of pyridine rings is 1. The van der Waals surface area contributed by atoms with Crippen LogP contribution in [0.3, 0.4) is 0 Å². The van der Waals surface area contributed by atoms with Gasteiger partial charge in [-0.15, -0.1) is 0 Å². The van der Waals surface area contributed by atoms with E-state index in [1.54, 1.807) is 59.9 Å². The Balaban J connectivity index is 0.896. The minimum absolute atomic E-state index is 0.000787. The summed E-state index contributed by atoms with van der Waals surface area (Å²) in [7, 11) is 0. The van der Waals surface area contributed by atoms with Crippen LogP contribution in [0.1, 0.15) is 152 Å². The predicted molar refractivity (Wildman–Crippen MR) is 360 cm³/mol. The molecule has 7 aromatic carbocycles. The summed E-state index contributed by atoms with van der Waals surface area (Å²) >= 11 is 0. The van der Waals surface area contributed by atoms with E-state index in [1.807, 2.05) is 27.7 Å². The van der Waals surface area contributed by atoms with Gasteiger partial charge in [0.1, 0.15) is 16.9 Å². The number of para-hydroxylation sites is 1. The van der Waals surface area contributed by atoms with E-state index in [0.29, 0.717) is 78.0 Å². The molecule has 0 atom stereocenters. The Bertz CT molecular complexity index is 5090. The first kappa shape index (κ1) is 64.4. The molecule has 3 aromatic heterocycles. The third-order valence-electron chi connectivity index (χ3n) is 19.6. The Morgan fingerprint density at radius 3 is 1.76 bits per heavy atom. The van der Waals surface area contributed by atoms with Crippen molar-refractivity contribution in [2.45, 2.75) is 130 Å². The van der Waals surface area contributed by atoms with Gasteiger partial charge in [-0.3, -0.25) is 19.4 Å². The van der Waals surface area contributed by atoms with E-state index < -0.39 is 53.4 Å². The van der Waals surface area contributed by atoms with Gasteiger partial charge in [0.2, 0.25) is 0 Å². The van der Waals surface area contributed by atoms with Crippen LogP contribution in [-0.2, 0) is 28.3 Å². The van der Waals surface area contributed by atoms with Gasteiger partial charge in [-0.05, 0) is 196 Å². The normalized spacial score (nSPS) is 15.6. The molecule has 0 unspecified atom stereocenters. The number of nitrogens with zero attached hydrogens (tertiary/aromatic N) is 5. The molecule has 0 saturated heterocycles. The number of halogens is 6. The van der Waals surface area contributed by atoms with Crippen LogP contribution < -0.4 is 15.9 Å². The van der Waals surface area contributed by atoms with Gasteiger partial charge in [-0.1, -0.05) is 93.1 Å². The number of aromatic nitrogens is 2. The zero-order chi connectivity index (χ0) is 67.8. The van der Waals surface area contributed by atoms with Crippen LogP contribution in [0, 0.1) is 49.2 Å². The number of esters is 2. The second-order valence-corrected chi connectivity index (χ2v) is 25.5. The molecule has 2 saturated carbocycles. The van der Waals surface area contributed by atoms with Crippen molar-refractivity contribution >= 4 is 73.6 Å². The highest BCUT2D eigenvalue weighted by Crippen LogP contribution is 2.50. The molecular formula is C77H64BF6N5O7. The summed E-state index contributed by atoms with van der Waals surface area (Å²) in [5.41, 5.74) is 7.06. The average Bonchev–Trinajstić information content (AvgIpc) is 0.863. The highest BCUT2D eigenvalue weighted by Gasteiger charge is 2.41. The van der Waals surface area contributed by atoms with E-state index in [0.717, 1.165) is 115 Å². The molecule has 0 radical (unpaired) electrons. The van der Waals surface area contributed by atoms with Crippen molar-refractivity contribution in [1.29, 1.82) is 10.5 Å². The Kier molecular flexibility index (Phi) is 16.9. The van der Waals surface area contributed by atoms with Crippen LogP contribution in [0.15, 0.2) is 157 Å². The van der Waals surface area contributed by atoms with Gasteiger partial charge in [0, 0.05) is 66.5 Å². The molecule has 0 bridgehead atoms. The minimum atomic E-state index is -4.67. The number of fused-ring (bicyclic) bond motifs is 2. The van der Waals surface area contributed by atoms with Crippen molar-refractivity contribution in [2.75, 3.05) is 6.61 Å². The number of aryl methyl sites for hydroxylation is 2. The number of nitriles is 2. The highest BCUT2D eigenvalue weighted by molar-refractivity contribution is 6.73. The van der Waals surface area contributed by atoms with Gasteiger partial charge in [0.15, 0.2) is 0 Å². The maximum atomic E-state index is 15.2. The number of aliphatic imine (C=N–C) groups is 1. The number of rotatable bonds is 13. The average molecular weight is 1300 g/mol. The molecule has 19 heteroatoms. The fourth-order valence-electron chi connectivity index (χ4n) is 15.1. The standard InChI is InChI=1S/C77H64BF6N5O7/c1-7-94-75(93)63-45(6)70(89(78(39-85)40-86)71(63)50-18-12-9-13-19-50)67(69-44(5)43(4)68(87-69)49-16-10-8-11-17-49)62-41(2)34-54(35-42(62)3)95-61(90)36-46-22-32-53(33-23-46)88-73(91)58-37-56(47-24-28-51(29-25-47)76(79,80)81)64-55-20-14-15-21-60(55)96-72-57(38-59(74(88)92)65(58)66(64)72)48-26-30-52(31-27-48)77(82,83)84/h14-15,20-35,37-38,49-50H,7-13,16-19,36H2,1-6H3/b69-67-. The third kappa shape index (κ3) is 11.2. The molecule has 2 fully saturated rings. The van der Waals surface area contributed by atoms with Crippen LogP contribution in [-0.4, -0.2) is 40.2 Å². The van der Waals surface area contributed by atoms with E-state index >= 15 is 9.59 Å². The lowest BCUT2D eigenvalue weighted by atomic mass is 9.64. The van der Waals surface area contributed by atoms with Gasteiger partial charge in [-0.2, -0.15) is 26.3 Å². The topological polar surface area (TPSA) is 170 Å². The van der Waals surface area contributed by atoms with Gasteiger partial charge in [0.05, 0.1) is 53.0 Å². The van der Waals surface area contributed by atoms with Crippen molar-refractivity contribution in [3.05, 3.63) is 215 Å². The fraction of sp³-hybridized carbons (Fsp3) is 0.286. The second kappa shape index (κ2) is 25.1. The molecule has 484 valence electrons. The first-order valence-corrected chi connectivity index (χ1v) is 32.3. The summed E-state index contributed by atoms with van der Waals surface area (Å²) in [6.07, 6.45) is 0.0639. The van der Waals surface area contributed by atoms with Gasteiger partial charge in [0.25, 0.3) is 11.1 Å². The van der Waals surface area contributed by atoms with Gasteiger partial charge < -0.3 is 18.4 Å². The molecule has 3 aliphatic rings. The summed E-state index contributed by atoms with van der Waals surface area (Å²) in [5, 5.41) is 23.1. The van der Waals surface area contributed by atoms with Crippen molar-refractivity contribution in [2.24, 2.45) is 10.9 Å². The fourth-order valence-corrected chi connectivity index (χ4v) is 15.1. The summed E-state index contributed by atoms with van der Waals surface area (Å²) in [6, 6.07) is 28.2.